The number of carbonyl (C=O) groups excluding carboxylic acids is 2. The first kappa shape index (κ1) is 15.0. The number of aryl methyl sites for hydroxylation is 2. The third kappa shape index (κ3) is 3.59. The van der Waals surface area contributed by atoms with Gasteiger partial charge in [0.25, 0.3) is 0 Å². The fourth-order valence-electron chi connectivity index (χ4n) is 2.25. The number of anilines is 1. The van der Waals surface area contributed by atoms with Crippen molar-refractivity contribution in [1.29, 1.82) is 0 Å². The van der Waals surface area contributed by atoms with Crippen molar-refractivity contribution in [3.8, 4) is 0 Å². The lowest BCUT2D eigenvalue weighted by molar-refractivity contribution is -0.140. The van der Waals surface area contributed by atoms with Crippen LogP contribution < -0.4 is 10.6 Å². The fraction of sp³-hybridized carbons (Fsp3) is 0.400. The highest BCUT2D eigenvalue weighted by molar-refractivity contribution is 5.97. The number of para-hydroxylation sites is 1. The van der Waals surface area contributed by atoms with Gasteiger partial charge in [-0.1, -0.05) is 18.2 Å². The molecule has 0 bridgehead atoms. The number of carboxylic acids is 1. The quantitative estimate of drug-likeness (QED) is 0.756. The Kier molecular flexibility index (Phi) is 4.26. The van der Waals surface area contributed by atoms with Gasteiger partial charge in [0, 0.05) is 5.69 Å². The Morgan fingerprint density at radius 1 is 1.19 bits per heavy atom. The average Bonchev–Trinajstić information content (AvgIpc) is 3.21. The number of amides is 2. The maximum Gasteiger partial charge on any atom is 0.307 e. The van der Waals surface area contributed by atoms with E-state index in [1.165, 1.54) is 0 Å². The van der Waals surface area contributed by atoms with E-state index < -0.39 is 17.8 Å². The van der Waals surface area contributed by atoms with Crippen LogP contribution in [0.1, 0.15) is 17.5 Å². The fourth-order valence-corrected chi connectivity index (χ4v) is 2.25. The molecule has 2 amide bonds. The first-order chi connectivity index (χ1) is 9.90. The van der Waals surface area contributed by atoms with Gasteiger partial charge in [-0.2, -0.15) is 0 Å². The van der Waals surface area contributed by atoms with Crippen LogP contribution in [0, 0.1) is 25.7 Å². The molecule has 1 aliphatic carbocycles. The lowest BCUT2D eigenvalue weighted by atomic mass is 10.1. The van der Waals surface area contributed by atoms with E-state index in [1.54, 1.807) is 0 Å². The summed E-state index contributed by atoms with van der Waals surface area (Å²) in [7, 11) is 0. The van der Waals surface area contributed by atoms with Crippen LogP contribution >= 0.6 is 0 Å². The van der Waals surface area contributed by atoms with Crippen molar-refractivity contribution in [3.63, 3.8) is 0 Å². The molecule has 0 aromatic heterocycles. The van der Waals surface area contributed by atoms with Crippen molar-refractivity contribution in [3.05, 3.63) is 29.3 Å². The standard InChI is InChI=1S/C15H18N2O4/c1-8-4-3-5-9(2)13(8)17-12(18)7-16-14(19)10-6-11(10)15(20)21/h3-5,10-11H,6-7H2,1-2H3,(H,16,19)(H,17,18)(H,20,21). The van der Waals surface area contributed by atoms with E-state index in [0.717, 1.165) is 16.8 Å². The van der Waals surface area contributed by atoms with Crippen molar-refractivity contribution in [1.82, 2.24) is 5.32 Å². The normalized spacial score (nSPS) is 19.7. The lowest BCUT2D eigenvalue weighted by Crippen LogP contribution is -2.34. The Balaban J connectivity index is 1.83. The van der Waals surface area contributed by atoms with Gasteiger partial charge in [0.15, 0.2) is 0 Å². The average molecular weight is 290 g/mol. The van der Waals surface area contributed by atoms with E-state index in [1.807, 2.05) is 32.0 Å². The second kappa shape index (κ2) is 5.95. The summed E-state index contributed by atoms with van der Waals surface area (Å²) in [4.78, 5) is 34.2. The molecule has 2 unspecified atom stereocenters. The Hall–Kier alpha value is -2.37. The van der Waals surface area contributed by atoms with E-state index in [9.17, 15) is 14.4 Å². The predicted molar refractivity (Wildman–Crippen MR) is 76.8 cm³/mol. The molecule has 21 heavy (non-hydrogen) atoms. The zero-order chi connectivity index (χ0) is 15.6. The summed E-state index contributed by atoms with van der Waals surface area (Å²) in [5.74, 6) is -2.77. The smallest absolute Gasteiger partial charge is 0.307 e. The highest BCUT2D eigenvalue weighted by Crippen LogP contribution is 2.38. The van der Waals surface area contributed by atoms with Gasteiger partial charge in [-0.15, -0.1) is 0 Å². The second-order valence-electron chi connectivity index (χ2n) is 5.32. The van der Waals surface area contributed by atoms with E-state index >= 15 is 0 Å². The molecule has 6 heteroatoms. The first-order valence-electron chi connectivity index (χ1n) is 6.76. The number of hydrogen-bond acceptors (Lipinski definition) is 3. The van der Waals surface area contributed by atoms with Crippen molar-refractivity contribution < 1.29 is 19.5 Å². The monoisotopic (exact) mass is 290 g/mol. The summed E-state index contributed by atoms with van der Waals surface area (Å²) in [5, 5.41) is 14.0. The van der Waals surface area contributed by atoms with Crippen LogP contribution in [0.15, 0.2) is 18.2 Å². The third-order valence-electron chi connectivity index (χ3n) is 3.61. The summed E-state index contributed by atoms with van der Waals surface area (Å²) in [6.45, 7) is 3.63. The van der Waals surface area contributed by atoms with Crippen LogP contribution in [0.5, 0.6) is 0 Å². The van der Waals surface area contributed by atoms with Crippen LogP contribution in [0.4, 0.5) is 5.69 Å². The molecule has 0 heterocycles. The van der Waals surface area contributed by atoms with Gasteiger partial charge in [-0.05, 0) is 31.4 Å². The minimum Gasteiger partial charge on any atom is -0.481 e. The molecular weight excluding hydrogens is 272 g/mol. The summed E-state index contributed by atoms with van der Waals surface area (Å²) in [6.07, 6.45) is 0.347. The van der Waals surface area contributed by atoms with Crippen molar-refractivity contribution in [2.24, 2.45) is 11.8 Å². The maximum atomic E-state index is 11.8. The van der Waals surface area contributed by atoms with Crippen LogP contribution in [0.2, 0.25) is 0 Å². The minimum absolute atomic E-state index is 0.157. The molecule has 1 aromatic carbocycles. The number of hydrogen-bond donors (Lipinski definition) is 3. The van der Waals surface area contributed by atoms with E-state index in [-0.39, 0.29) is 18.4 Å². The Bertz CT molecular complexity index is 577. The third-order valence-corrected chi connectivity index (χ3v) is 3.61. The highest BCUT2D eigenvalue weighted by Gasteiger charge is 2.48. The van der Waals surface area contributed by atoms with Crippen LogP contribution in [0.25, 0.3) is 0 Å². The minimum atomic E-state index is -0.963. The van der Waals surface area contributed by atoms with Crippen molar-refractivity contribution in [2.75, 3.05) is 11.9 Å². The van der Waals surface area contributed by atoms with E-state index in [0.29, 0.717) is 6.42 Å². The molecule has 2 rings (SSSR count). The zero-order valence-electron chi connectivity index (χ0n) is 12.0. The Labute approximate surface area is 122 Å². The SMILES string of the molecule is Cc1cccc(C)c1NC(=O)CNC(=O)C1CC1C(=O)O. The molecule has 112 valence electrons. The predicted octanol–water partition coefficient (Wildman–Crippen LogP) is 1.08. The molecule has 1 fully saturated rings. The van der Waals surface area contributed by atoms with E-state index in [4.69, 9.17) is 5.11 Å². The maximum absolute atomic E-state index is 11.8. The van der Waals surface area contributed by atoms with Crippen LogP contribution in [0.3, 0.4) is 0 Å². The van der Waals surface area contributed by atoms with Gasteiger partial charge in [0.2, 0.25) is 11.8 Å². The molecule has 1 saturated carbocycles. The Morgan fingerprint density at radius 3 is 2.33 bits per heavy atom. The molecule has 0 spiro atoms. The molecular formula is C15H18N2O4. The van der Waals surface area contributed by atoms with Crippen molar-refractivity contribution >= 4 is 23.5 Å². The van der Waals surface area contributed by atoms with Gasteiger partial charge in [0.05, 0.1) is 18.4 Å². The topological polar surface area (TPSA) is 95.5 Å². The number of carboxylic acid groups (broad SMARTS) is 1. The molecule has 3 N–H and O–H groups in total. The second-order valence-corrected chi connectivity index (χ2v) is 5.32. The highest BCUT2D eigenvalue weighted by atomic mass is 16.4. The molecule has 0 saturated heterocycles. The molecule has 0 aliphatic heterocycles. The number of aliphatic carboxylic acids is 1. The largest absolute Gasteiger partial charge is 0.481 e. The van der Waals surface area contributed by atoms with Crippen LogP contribution in [-0.2, 0) is 14.4 Å². The zero-order valence-corrected chi connectivity index (χ0v) is 12.0. The molecule has 0 radical (unpaired) electrons. The Morgan fingerprint density at radius 2 is 1.81 bits per heavy atom. The summed E-state index contributed by atoms with van der Waals surface area (Å²) < 4.78 is 0. The van der Waals surface area contributed by atoms with Crippen molar-refractivity contribution in [2.45, 2.75) is 20.3 Å². The van der Waals surface area contributed by atoms with Gasteiger partial charge < -0.3 is 15.7 Å². The summed E-state index contributed by atoms with van der Waals surface area (Å²) in [6, 6.07) is 5.69. The van der Waals surface area contributed by atoms with Crippen LogP contribution in [-0.4, -0.2) is 29.4 Å². The molecule has 1 aromatic rings. The first-order valence-corrected chi connectivity index (χ1v) is 6.76. The van der Waals surface area contributed by atoms with E-state index in [2.05, 4.69) is 10.6 Å². The van der Waals surface area contributed by atoms with Gasteiger partial charge >= 0.3 is 5.97 Å². The molecule has 2 atom stereocenters. The summed E-state index contributed by atoms with van der Waals surface area (Å²) >= 11 is 0. The van der Waals surface area contributed by atoms with Gasteiger partial charge in [-0.25, -0.2) is 0 Å². The number of carbonyl (C=O) groups is 3. The lowest BCUT2D eigenvalue weighted by Gasteiger charge is -2.11. The number of nitrogens with one attached hydrogen (secondary N) is 2. The number of rotatable bonds is 5. The molecule has 1 aliphatic rings. The molecule has 6 nitrogen and oxygen atoms in total. The summed E-state index contributed by atoms with van der Waals surface area (Å²) in [5.41, 5.74) is 2.64. The van der Waals surface area contributed by atoms with Gasteiger partial charge in [-0.3, -0.25) is 14.4 Å². The number of benzene rings is 1. The van der Waals surface area contributed by atoms with Gasteiger partial charge in [0.1, 0.15) is 0 Å².